The molecule has 5 rings (SSSR count). The van der Waals surface area contributed by atoms with Crippen LogP contribution in [-0.2, 0) is 13.2 Å². The van der Waals surface area contributed by atoms with E-state index in [2.05, 4.69) is 19.1 Å². The summed E-state index contributed by atoms with van der Waals surface area (Å²) in [5, 5.41) is 9.31. The first-order valence-corrected chi connectivity index (χ1v) is 12.0. The Labute approximate surface area is 215 Å². The highest BCUT2D eigenvalue weighted by atomic mass is 16.6. The van der Waals surface area contributed by atoms with Crippen molar-refractivity contribution in [2.75, 3.05) is 13.2 Å². The van der Waals surface area contributed by atoms with Crippen molar-refractivity contribution in [3.05, 3.63) is 107 Å². The SMILES string of the molecule is Cc1c(COc2ccc(C=O)c(OCc3ccccc3C#N)c2)cccc1-c1ccc2c(c1)OCCO2. The zero-order chi connectivity index (χ0) is 25.6. The van der Waals surface area contributed by atoms with Crippen molar-refractivity contribution in [1.82, 2.24) is 0 Å². The van der Waals surface area contributed by atoms with Gasteiger partial charge in [-0.2, -0.15) is 5.26 Å². The van der Waals surface area contributed by atoms with Gasteiger partial charge in [-0.25, -0.2) is 0 Å². The van der Waals surface area contributed by atoms with Crippen LogP contribution in [0.1, 0.15) is 32.6 Å². The zero-order valence-corrected chi connectivity index (χ0v) is 20.4. The van der Waals surface area contributed by atoms with Crippen molar-refractivity contribution in [1.29, 1.82) is 5.26 Å². The van der Waals surface area contributed by atoms with E-state index in [1.165, 1.54) is 0 Å². The minimum absolute atomic E-state index is 0.171. The molecule has 1 aliphatic heterocycles. The molecular weight excluding hydrogens is 466 g/mol. The van der Waals surface area contributed by atoms with E-state index in [4.69, 9.17) is 18.9 Å². The molecule has 4 aromatic rings. The van der Waals surface area contributed by atoms with Crippen molar-refractivity contribution in [2.45, 2.75) is 20.1 Å². The molecule has 4 aromatic carbocycles. The summed E-state index contributed by atoms with van der Waals surface area (Å²) in [5.41, 5.74) is 5.99. The molecule has 6 nitrogen and oxygen atoms in total. The monoisotopic (exact) mass is 491 g/mol. The Morgan fingerprint density at radius 1 is 0.865 bits per heavy atom. The number of hydrogen-bond acceptors (Lipinski definition) is 6. The first-order chi connectivity index (χ1) is 18.2. The van der Waals surface area contributed by atoms with E-state index in [1.54, 1.807) is 30.3 Å². The van der Waals surface area contributed by atoms with Crippen LogP contribution in [0.25, 0.3) is 11.1 Å². The van der Waals surface area contributed by atoms with Gasteiger partial charge in [0.1, 0.15) is 37.9 Å². The fraction of sp³-hybridized carbons (Fsp3) is 0.161. The summed E-state index contributed by atoms with van der Waals surface area (Å²) in [6.07, 6.45) is 0.746. The molecule has 0 amide bonds. The lowest BCUT2D eigenvalue weighted by molar-refractivity contribution is 0.111. The molecule has 0 radical (unpaired) electrons. The molecule has 0 N–H and O–H groups in total. The van der Waals surface area contributed by atoms with Gasteiger partial charge in [-0.3, -0.25) is 4.79 Å². The van der Waals surface area contributed by atoms with E-state index in [9.17, 15) is 10.1 Å². The standard InChI is InChI=1S/C31H25NO5/c1-21-25(7-4-8-28(21)22-10-12-29-31(15-22)35-14-13-34-29)19-36-27-11-9-24(18-33)30(16-27)37-20-26-6-3-2-5-23(26)17-32/h2-12,15-16,18H,13-14,19-20H2,1H3. The zero-order valence-electron chi connectivity index (χ0n) is 20.4. The van der Waals surface area contributed by atoms with Gasteiger partial charge in [0.2, 0.25) is 0 Å². The van der Waals surface area contributed by atoms with Crippen molar-refractivity contribution < 1.29 is 23.7 Å². The lowest BCUT2D eigenvalue weighted by Crippen LogP contribution is -2.15. The van der Waals surface area contributed by atoms with Crippen molar-refractivity contribution >= 4 is 6.29 Å². The Hall–Kier alpha value is -4.76. The number of nitrogens with zero attached hydrogens (tertiary/aromatic N) is 1. The smallest absolute Gasteiger partial charge is 0.161 e. The van der Waals surface area contributed by atoms with E-state index in [0.717, 1.165) is 45.6 Å². The van der Waals surface area contributed by atoms with E-state index >= 15 is 0 Å². The maximum atomic E-state index is 11.6. The number of ether oxygens (including phenoxy) is 4. The molecule has 0 saturated heterocycles. The summed E-state index contributed by atoms with van der Waals surface area (Å²) in [6, 6.07) is 26.6. The third kappa shape index (κ3) is 5.26. The first-order valence-electron chi connectivity index (χ1n) is 12.0. The Balaban J connectivity index is 1.32. The minimum atomic E-state index is 0.171. The van der Waals surface area contributed by atoms with Crippen LogP contribution in [0, 0.1) is 18.3 Å². The van der Waals surface area contributed by atoms with Gasteiger partial charge in [0.25, 0.3) is 0 Å². The average Bonchev–Trinajstić information content (AvgIpc) is 2.95. The Morgan fingerprint density at radius 2 is 1.65 bits per heavy atom. The quantitative estimate of drug-likeness (QED) is 0.270. The molecule has 184 valence electrons. The Morgan fingerprint density at radius 3 is 2.49 bits per heavy atom. The van der Waals surface area contributed by atoms with E-state index < -0.39 is 0 Å². The molecular formula is C31H25NO5. The fourth-order valence-electron chi connectivity index (χ4n) is 4.26. The molecule has 0 aliphatic carbocycles. The number of rotatable bonds is 8. The third-order valence-electron chi connectivity index (χ3n) is 6.33. The van der Waals surface area contributed by atoms with Crippen LogP contribution in [0.5, 0.6) is 23.0 Å². The lowest BCUT2D eigenvalue weighted by Gasteiger charge is -2.20. The summed E-state index contributed by atoms with van der Waals surface area (Å²) in [7, 11) is 0. The van der Waals surface area contributed by atoms with Crippen LogP contribution >= 0.6 is 0 Å². The highest BCUT2D eigenvalue weighted by Gasteiger charge is 2.15. The van der Waals surface area contributed by atoms with Gasteiger partial charge in [0.05, 0.1) is 17.2 Å². The van der Waals surface area contributed by atoms with Crippen molar-refractivity contribution in [2.24, 2.45) is 0 Å². The molecule has 0 aromatic heterocycles. The number of aldehydes is 1. The van der Waals surface area contributed by atoms with Crippen LogP contribution < -0.4 is 18.9 Å². The van der Waals surface area contributed by atoms with Crippen LogP contribution in [0.2, 0.25) is 0 Å². The molecule has 0 atom stereocenters. The highest BCUT2D eigenvalue weighted by Crippen LogP contribution is 2.36. The summed E-state index contributed by atoms with van der Waals surface area (Å²) in [4.78, 5) is 11.6. The predicted octanol–water partition coefficient (Wildman–Crippen LogP) is 6.28. The van der Waals surface area contributed by atoms with E-state index in [-0.39, 0.29) is 6.61 Å². The van der Waals surface area contributed by atoms with E-state index in [0.29, 0.717) is 42.4 Å². The number of benzene rings is 4. The summed E-state index contributed by atoms with van der Waals surface area (Å²) in [6.45, 7) is 3.70. The average molecular weight is 492 g/mol. The molecule has 0 unspecified atom stereocenters. The second-order valence-electron chi connectivity index (χ2n) is 8.61. The summed E-state index contributed by atoms with van der Waals surface area (Å²) >= 11 is 0. The van der Waals surface area contributed by atoms with Gasteiger partial charge in [0.15, 0.2) is 17.8 Å². The van der Waals surface area contributed by atoms with Crippen LogP contribution in [-0.4, -0.2) is 19.5 Å². The van der Waals surface area contributed by atoms with Crippen molar-refractivity contribution in [3.63, 3.8) is 0 Å². The van der Waals surface area contributed by atoms with Crippen molar-refractivity contribution in [3.8, 4) is 40.2 Å². The maximum Gasteiger partial charge on any atom is 0.161 e. The lowest BCUT2D eigenvalue weighted by atomic mass is 9.96. The van der Waals surface area contributed by atoms with Gasteiger partial charge in [-0.15, -0.1) is 0 Å². The number of nitriles is 1. The number of carbonyl (C=O) groups is 1. The minimum Gasteiger partial charge on any atom is -0.489 e. The van der Waals surface area contributed by atoms with Gasteiger partial charge in [-0.05, 0) is 59.5 Å². The Bertz CT molecular complexity index is 1490. The van der Waals surface area contributed by atoms with Crippen LogP contribution in [0.4, 0.5) is 0 Å². The van der Waals surface area contributed by atoms with Gasteiger partial charge < -0.3 is 18.9 Å². The molecule has 37 heavy (non-hydrogen) atoms. The van der Waals surface area contributed by atoms with E-state index in [1.807, 2.05) is 42.5 Å². The third-order valence-corrected chi connectivity index (χ3v) is 6.33. The predicted molar refractivity (Wildman–Crippen MR) is 139 cm³/mol. The number of fused-ring (bicyclic) bond motifs is 1. The molecule has 6 heteroatoms. The largest absolute Gasteiger partial charge is 0.489 e. The van der Waals surface area contributed by atoms with Crippen LogP contribution in [0.15, 0.2) is 78.9 Å². The maximum absolute atomic E-state index is 11.6. The summed E-state index contributed by atoms with van der Waals surface area (Å²) < 4.78 is 23.4. The second-order valence-corrected chi connectivity index (χ2v) is 8.61. The first kappa shape index (κ1) is 24.0. The highest BCUT2D eigenvalue weighted by molar-refractivity contribution is 5.79. The molecule has 1 heterocycles. The van der Waals surface area contributed by atoms with Gasteiger partial charge in [-0.1, -0.05) is 42.5 Å². The molecule has 0 fully saturated rings. The molecule has 0 spiro atoms. The Kier molecular flexibility index (Phi) is 7.05. The fourth-order valence-corrected chi connectivity index (χ4v) is 4.26. The topological polar surface area (TPSA) is 77.8 Å². The molecule has 0 bridgehead atoms. The number of carbonyl (C=O) groups excluding carboxylic acids is 1. The summed E-state index contributed by atoms with van der Waals surface area (Å²) in [5.74, 6) is 2.50. The molecule has 1 aliphatic rings. The number of hydrogen-bond donors (Lipinski definition) is 0. The van der Waals surface area contributed by atoms with Crippen LogP contribution in [0.3, 0.4) is 0 Å². The second kappa shape index (κ2) is 10.9. The van der Waals surface area contributed by atoms with Gasteiger partial charge in [0, 0.05) is 11.6 Å². The normalized spacial score (nSPS) is 11.9. The van der Waals surface area contributed by atoms with Gasteiger partial charge >= 0.3 is 0 Å². The molecule has 0 saturated carbocycles.